The third-order valence-electron chi connectivity index (χ3n) is 3.16. The van der Waals surface area contributed by atoms with Crippen LogP contribution in [-0.2, 0) is 16.2 Å². The SMILES string of the molecule is O=S(=O)(CC1CCCCN1)Nc1ccc(C(F)(F)F)nc1. The average Bonchev–Trinajstić information content (AvgIpc) is 2.38. The molecule has 1 unspecified atom stereocenters. The Morgan fingerprint density at radius 2 is 2.10 bits per heavy atom. The predicted molar refractivity (Wildman–Crippen MR) is 72.3 cm³/mol. The minimum Gasteiger partial charge on any atom is -0.313 e. The second kappa shape index (κ2) is 6.18. The molecule has 1 fully saturated rings. The van der Waals surface area contributed by atoms with Crippen molar-refractivity contribution in [3.63, 3.8) is 0 Å². The van der Waals surface area contributed by atoms with Crippen molar-refractivity contribution in [2.75, 3.05) is 17.0 Å². The molecule has 1 aromatic heterocycles. The van der Waals surface area contributed by atoms with Gasteiger partial charge in [-0.3, -0.25) is 4.72 Å². The molecular weight excluding hydrogens is 307 g/mol. The maximum absolute atomic E-state index is 12.4. The van der Waals surface area contributed by atoms with E-state index in [9.17, 15) is 21.6 Å². The summed E-state index contributed by atoms with van der Waals surface area (Å²) in [4.78, 5) is 3.21. The molecule has 0 radical (unpaired) electrons. The lowest BCUT2D eigenvalue weighted by Crippen LogP contribution is -2.40. The Labute approximate surface area is 121 Å². The number of halogens is 3. The maximum Gasteiger partial charge on any atom is 0.433 e. The van der Waals surface area contributed by atoms with Crippen LogP contribution in [0.4, 0.5) is 18.9 Å². The summed E-state index contributed by atoms with van der Waals surface area (Å²) < 4.78 is 63.2. The summed E-state index contributed by atoms with van der Waals surface area (Å²) >= 11 is 0. The van der Waals surface area contributed by atoms with Gasteiger partial charge in [0.1, 0.15) is 5.69 Å². The van der Waals surface area contributed by atoms with E-state index in [-0.39, 0.29) is 17.5 Å². The smallest absolute Gasteiger partial charge is 0.313 e. The number of hydrogen-bond acceptors (Lipinski definition) is 4. The molecule has 1 aromatic rings. The number of nitrogens with zero attached hydrogens (tertiary/aromatic N) is 1. The Bertz CT molecular complexity index is 566. The van der Waals surface area contributed by atoms with Crippen LogP contribution >= 0.6 is 0 Å². The fourth-order valence-corrected chi connectivity index (χ4v) is 3.55. The number of hydrogen-bond donors (Lipinski definition) is 2. The molecule has 0 aliphatic carbocycles. The van der Waals surface area contributed by atoms with E-state index in [4.69, 9.17) is 0 Å². The van der Waals surface area contributed by atoms with Gasteiger partial charge in [-0.05, 0) is 31.5 Å². The van der Waals surface area contributed by atoms with Gasteiger partial charge < -0.3 is 5.32 Å². The van der Waals surface area contributed by atoms with Crippen LogP contribution in [0.3, 0.4) is 0 Å². The summed E-state index contributed by atoms with van der Waals surface area (Å²) in [5, 5.41) is 3.11. The van der Waals surface area contributed by atoms with E-state index < -0.39 is 21.9 Å². The molecule has 0 saturated carbocycles. The molecular formula is C12H16F3N3O2S. The van der Waals surface area contributed by atoms with E-state index >= 15 is 0 Å². The van der Waals surface area contributed by atoms with E-state index in [2.05, 4.69) is 15.0 Å². The van der Waals surface area contributed by atoms with Gasteiger partial charge in [-0.1, -0.05) is 6.42 Å². The molecule has 2 N–H and O–H groups in total. The number of pyridine rings is 1. The minimum atomic E-state index is -4.54. The number of aromatic nitrogens is 1. The molecule has 9 heteroatoms. The summed E-state index contributed by atoms with van der Waals surface area (Å²) in [5.74, 6) is -0.103. The number of sulfonamides is 1. The number of anilines is 1. The molecule has 1 aliphatic rings. The molecule has 21 heavy (non-hydrogen) atoms. The van der Waals surface area contributed by atoms with Crippen molar-refractivity contribution in [2.45, 2.75) is 31.5 Å². The summed E-state index contributed by atoms with van der Waals surface area (Å²) in [6.45, 7) is 0.780. The lowest BCUT2D eigenvalue weighted by molar-refractivity contribution is -0.141. The second-order valence-corrected chi connectivity index (χ2v) is 6.73. The second-order valence-electron chi connectivity index (χ2n) is 4.96. The molecule has 1 atom stereocenters. The van der Waals surface area contributed by atoms with Crippen molar-refractivity contribution in [2.24, 2.45) is 0 Å². The molecule has 1 saturated heterocycles. The van der Waals surface area contributed by atoms with Crippen molar-refractivity contribution < 1.29 is 21.6 Å². The highest BCUT2D eigenvalue weighted by molar-refractivity contribution is 7.92. The Balaban J connectivity index is 1.99. The number of nitrogens with one attached hydrogen (secondary N) is 2. The van der Waals surface area contributed by atoms with Crippen molar-refractivity contribution in [1.29, 1.82) is 0 Å². The van der Waals surface area contributed by atoms with Gasteiger partial charge in [0.05, 0.1) is 17.6 Å². The third-order valence-corrected chi connectivity index (χ3v) is 4.55. The van der Waals surface area contributed by atoms with Gasteiger partial charge in [-0.2, -0.15) is 13.2 Å². The molecule has 0 bridgehead atoms. The molecule has 0 aromatic carbocycles. The van der Waals surface area contributed by atoms with Crippen LogP contribution in [0.2, 0.25) is 0 Å². The molecule has 0 spiro atoms. The zero-order valence-corrected chi connectivity index (χ0v) is 12.0. The largest absolute Gasteiger partial charge is 0.433 e. The fourth-order valence-electron chi connectivity index (χ4n) is 2.17. The highest BCUT2D eigenvalue weighted by Crippen LogP contribution is 2.27. The number of piperidine rings is 1. The van der Waals surface area contributed by atoms with Crippen LogP contribution in [0.25, 0.3) is 0 Å². The zero-order valence-electron chi connectivity index (χ0n) is 11.2. The fraction of sp³-hybridized carbons (Fsp3) is 0.583. The van der Waals surface area contributed by atoms with E-state index in [0.29, 0.717) is 0 Å². The van der Waals surface area contributed by atoms with Gasteiger partial charge in [0.2, 0.25) is 10.0 Å². The zero-order chi connectivity index (χ0) is 15.5. The first-order chi connectivity index (χ1) is 9.76. The lowest BCUT2D eigenvalue weighted by Gasteiger charge is -2.23. The van der Waals surface area contributed by atoms with Gasteiger partial charge in [-0.15, -0.1) is 0 Å². The Morgan fingerprint density at radius 1 is 1.33 bits per heavy atom. The van der Waals surface area contributed by atoms with Crippen molar-refractivity contribution in [3.8, 4) is 0 Å². The van der Waals surface area contributed by atoms with E-state index in [1.54, 1.807) is 0 Å². The molecule has 2 rings (SSSR count). The average molecular weight is 323 g/mol. The van der Waals surface area contributed by atoms with E-state index in [0.717, 1.165) is 44.1 Å². The van der Waals surface area contributed by atoms with Crippen molar-refractivity contribution >= 4 is 15.7 Å². The summed E-state index contributed by atoms with van der Waals surface area (Å²) in [7, 11) is -3.62. The van der Waals surface area contributed by atoms with Gasteiger partial charge >= 0.3 is 6.18 Å². The lowest BCUT2D eigenvalue weighted by atomic mass is 10.1. The minimum absolute atomic E-state index is 0.0267. The van der Waals surface area contributed by atoms with Crippen molar-refractivity contribution in [1.82, 2.24) is 10.3 Å². The monoisotopic (exact) mass is 323 g/mol. The Hall–Kier alpha value is -1.35. The first kappa shape index (κ1) is 16.0. The molecule has 118 valence electrons. The summed E-state index contributed by atoms with van der Waals surface area (Å²) in [5.41, 5.74) is -1.03. The molecule has 0 amide bonds. The first-order valence-corrected chi connectivity index (χ1v) is 8.19. The van der Waals surface area contributed by atoms with Gasteiger partial charge in [0.25, 0.3) is 0 Å². The summed E-state index contributed by atoms with van der Waals surface area (Å²) in [6, 6.07) is 1.68. The van der Waals surface area contributed by atoms with Gasteiger partial charge in [0.15, 0.2) is 0 Å². The highest BCUT2D eigenvalue weighted by atomic mass is 32.2. The molecule has 1 aliphatic heterocycles. The molecule has 2 heterocycles. The van der Waals surface area contributed by atoms with Crippen LogP contribution in [0.5, 0.6) is 0 Å². The summed E-state index contributed by atoms with van der Waals surface area (Å²) in [6.07, 6.45) is -0.911. The normalized spacial score (nSPS) is 20.2. The van der Waals surface area contributed by atoms with Crippen LogP contribution < -0.4 is 10.0 Å². The number of rotatable bonds is 4. The predicted octanol–water partition coefficient (Wildman–Crippen LogP) is 1.98. The quantitative estimate of drug-likeness (QED) is 0.889. The van der Waals surface area contributed by atoms with Gasteiger partial charge in [-0.25, -0.2) is 13.4 Å². The highest BCUT2D eigenvalue weighted by Gasteiger charge is 2.32. The van der Waals surface area contributed by atoms with E-state index in [1.807, 2.05) is 0 Å². The topological polar surface area (TPSA) is 71.1 Å². The Morgan fingerprint density at radius 3 is 2.62 bits per heavy atom. The van der Waals surface area contributed by atoms with Crippen LogP contribution in [0.15, 0.2) is 18.3 Å². The third kappa shape index (κ3) is 4.85. The van der Waals surface area contributed by atoms with Crippen molar-refractivity contribution in [3.05, 3.63) is 24.0 Å². The maximum atomic E-state index is 12.4. The van der Waals surface area contributed by atoms with Crippen LogP contribution in [-0.4, -0.2) is 31.7 Å². The standard InChI is InChI=1S/C12H16F3N3O2S/c13-12(14,15)11-5-4-9(7-17-11)18-21(19,20)8-10-3-1-2-6-16-10/h4-5,7,10,16,18H,1-3,6,8H2. The van der Waals surface area contributed by atoms with Crippen LogP contribution in [0.1, 0.15) is 25.0 Å². The number of alkyl halides is 3. The van der Waals surface area contributed by atoms with Crippen LogP contribution in [0, 0.1) is 0 Å². The van der Waals surface area contributed by atoms with Gasteiger partial charge in [0, 0.05) is 6.04 Å². The van der Waals surface area contributed by atoms with E-state index in [1.165, 1.54) is 0 Å². The first-order valence-electron chi connectivity index (χ1n) is 6.53. The Kier molecular flexibility index (Phi) is 4.72. The molecule has 5 nitrogen and oxygen atoms in total.